The van der Waals surface area contributed by atoms with Gasteiger partial charge in [0.1, 0.15) is 0 Å². The second-order valence-corrected chi connectivity index (χ2v) is 4.53. The number of piperidine rings is 1. The highest BCUT2D eigenvalue weighted by Crippen LogP contribution is 2.14. The van der Waals surface area contributed by atoms with Gasteiger partial charge in [-0.25, -0.2) is 4.79 Å². The van der Waals surface area contributed by atoms with Crippen molar-refractivity contribution in [3.05, 3.63) is 35.4 Å². The van der Waals surface area contributed by atoms with Gasteiger partial charge in [-0.1, -0.05) is 18.6 Å². The van der Waals surface area contributed by atoms with E-state index in [2.05, 4.69) is 11.0 Å². The Balaban J connectivity index is 2.02. The number of carbonyl (C=O) groups is 1. The number of benzene rings is 1. The lowest BCUT2D eigenvalue weighted by Gasteiger charge is -2.26. The smallest absolute Gasteiger partial charge is 0.337 e. The predicted octanol–water partition coefficient (Wildman–Crippen LogP) is 2.46. The molecule has 0 N–H and O–H groups in total. The van der Waals surface area contributed by atoms with E-state index >= 15 is 0 Å². The zero-order valence-electron chi connectivity index (χ0n) is 10.3. The van der Waals surface area contributed by atoms with E-state index in [4.69, 9.17) is 4.74 Å². The molecule has 92 valence electrons. The van der Waals surface area contributed by atoms with E-state index in [9.17, 15) is 4.79 Å². The summed E-state index contributed by atoms with van der Waals surface area (Å²) in [5.74, 6) is -0.259. The molecule has 1 heterocycles. The molecule has 3 heteroatoms. The minimum Gasteiger partial charge on any atom is -0.465 e. The molecule has 0 unspecified atom stereocenters. The fourth-order valence-electron chi connectivity index (χ4n) is 2.29. The molecule has 1 aromatic carbocycles. The summed E-state index contributed by atoms with van der Waals surface area (Å²) in [6.45, 7) is 3.27. The molecule has 3 nitrogen and oxygen atoms in total. The van der Waals surface area contributed by atoms with E-state index < -0.39 is 0 Å². The van der Waals surface area contributed by atoms with Crippen LogP contribution in [0.2, 0.25) is 0 Å². The Labute approximate surface area is 102 Å². The first-order valence-electron chi connectivity index (χ1n) is 6.19. The summed E-state index contributed by atoms with van der Waals surface area (Å²) >= 11 is 0. The van der Waals surface area contributed by atoms with E-state index in [0.29, 0.717) is 5.56 Å². The summed E-state index contributed by atoms with van der Waals surface area (Å²) in [7, 11) is 1.42. The first-order valence-corrected chi connectivity index (χ1v) is 6.19. The summed E-state index contributed by atoms with van der Waals surface area (Å²) in [5, 5.41) is 0. The molecular formula is C14H19NO2. The van der Waals surface area contributed by atoms with Gasteiger partial charge in [0.15, 0.2) is 0 Å². The SMILES string of the molecule is COC(=O)c1cccc(CN2CCCCC2)c1. The first-order chi connectivity index (χ1) is 8.29. The Bertz CT molecular complexity index is 384. The van der Waals surface area contributed by atoms with Crippen molar-refractivity contribution in [2.24, 2.45) is 0 Å². The maximum absolute atomic E-state index is 11.4. The molecule has 1 aromatic rings. The minimum atomic E-state index is -0.259. The molecule has 17 heavy (non-hydrogen) atoms. The van der Waals surface area contributed by atoms with Gasteiger partial charge in [-0.2, -0.15) is 0 Å². The van der Waals surface area contributed by atoms with Crippen molar-refractivity contribution < 1.29 is 9.53 Å². The number of likely N-dealkylation sites (tertiary alicyclic amines) is 1. The molecule has 2 rings (SSSR count). The molecular weight excluding hydrogens is 214 g/mol. The average Bonchev–Trinajstić information content (AvgIpc) is 2.39. The van der Waals surface area contributed by atoms with Crippen molar-refractivity contribution in [3.8, 4) is 0 Å². The van der Waals surface area contributed by atoms with Crippen LogP contribution in [0.4, 0.5) is 0 Å². The quantitative estimate of drug-likeness (QED) is 0.751. The monoisotopic (exact) mass is 233 g/mol. The van der Waals surface area contributed by atoms with Gasteiger partial charge in [-0.05, 0) is 43.6 Å². The summed E-state index contributed by atoms with van der Waals surface area (Å²) in [4.78, 5) is 13.9. The fraction of sp³-hybridized carbons (Fsp3) is 0.500. The maximum atomic E-state index is 11.4. The molecule has 1 fully saturated rings. The van der Waals surface area contributed by atoms with Crippen molar-refractivity contribution in [1.29, 1.82) is 0 Å². The maximum Gasteiger partial charge on any atom is 0.337 e. The molecule has 0 aliphatic carbocycles. The Morgan fingerprint density at radius 1 is 1.29 bits per heavy atom. The Hall–Kier alpha value is -1.35. The van der Waals surface area contributed by atoms with Crippen LogP contribution in [0.3, 0.4) is 0 Å². The molecule has 0 atom stereocenters. The van der Waals surface area contributed by atoms with Gasteiger partial charge in [-0.3, -0.25) is 4.90 Å². The van der Waals surface area contributed by atoms with E-state index in [1.807, 2.05) is 12.1 Å². The van der Waals surface area contributed by atoms with Crippen LogP contribution in [-0.2, 0) is 11.3 Å². The molecule has 0 amide bonds. The van der Waals surface area contributed by atoms with Crippen LogP contribution in [0.5, 0.6) is 0 Å². The molecule has 0 saturated carbocycles. The van der Waals surface area contributed by atoms with E-state index in [1.165, 1.54) is 45.0 Å². The Morgan fingerprint density at radius 2 is 2.06 bits per heavy atom. The highest BCUT2D eigenvalue weighted by Gasteiger charge is 2.11. The highest BCUT2D eigenvalue weighted by atomic mass is 16.5. The summed E-state index contributed by atoms with van der Waals surface area (Å²) < 4.78 is 4.73. The second-order valence-electron chi connectivity index (χ2n) is 4.53. The van der Waals surface area contributed by atoms with Gasteiger partial charge < -0.3 is 4.74 Å². The van der Waals surface area contributed by atoms with Gasteiger partial charge in [0.2, 0.25) is 0 Å². The lowest BCUT2D eigenvalue weighted by molar-refractivity contribution is 0.0600. The van der Waals surface area contributed by atoms with Crippen molar-refractivity contribution in [3.63, 3.8) is 0 Å². The van der Waals surface area contributed by atoms with Crippen molar-refractivity contribution in [2.75, 3.05) is 20.2 Å². The third-order valence-electron chi connectivity index (χ3n) is 3.20. The second kappa shape index (κ2) is 5.82. The summed E-state index contributed by atoms with van der Waals surface area (Å²) in [6.07, 6.45) is 3.92. The fourth-order valence-corrected chi connectivity index (χ4v) is 2.29. The number of hydrogen-bond acceptors (Lipinski definition) is 3. The first kappa shape index (κ1) is 12.1. The highest BCUT2D eigenvalue weighted by molar-refractivity contribution is 5.89. The van der Waals surface area contributed by atoms with Crippen LogP contribution < -0.4 is 0 Å². The number of hydrogen-bond donors (Lipinski definition) is 0. The normalized spacial score (nSPS) is 16.8. The molecule has 1 saturated heterocycles. The van der Waals surface area contributed by atoms with Gasteiger partial charge in [0.25, 0.3) is 0 Å². The predicted molar refractivity (Wildman–Crippen MR) is 66.9 cm³/mol. The standard InChI is InChI=1S/C14H19NO2/c1-17-14(16)13-7-5-6-12(10-13)11-15-8-3-2-4-9-15/h5-7,10H,2-4,8-9,11H2,1H3. The van der Waals surface area contributed by atoms with E-state index in [0.717, 1.165) is 6.54 Å². The number of ether oxygens (including phenoxy) is 1. The van der Waals surface area contributed by atoms with Gasteiger partial charge in [-0.15, -0.1) is 0 Å². The van der Waals surface area contributed by atoms with Crippen LogP contribution in [0.25, 0.3) is 0 Å². The van der Waals surface area contributed by atoms with Crippen molar-refractivity contribution in [1.82, 2.24) is 4.90 Å². The molecule has 0 spiro atoms. The summed E-state index contributed by atoms with van der Waals surface area (Å²) in [5.41, 5.74) is 1.83. The largest absolute Gasteiger partial charge is 0.465 e. The molecule has 0 bridgehead atoms. The van der Waals surface area contributed by atoms with Crippen LogP contribution in [-0.4, -0.2) is 31.1 Å². The van der Waals surface area contributed by atoms with Crippen LogP contribution in [0.1, 0.15) is 35.2 Å². The average molecular weight is 233 g/mol. The van der Waals surface area contributed by atoms with Crippen LogP contribution >= 0.6 is 0 Å². The van der Waals surface area contributed by atoms with Crippen LogP contribution in [0, 0.1) is 0 Å². The lowest BCUT2D eigenvalue weighted by Crippen LogP contribution is -2.29. The van der Waals surface area contributed by atoms with Crippen LogP contribution in [0.15, 0.2) is 24.3 Å². The zero-order valence-corrected chi connectivity index (χ0v) is 10.3. The van der Waals surface area contributed by atoms with Gasteiger partial charge >= 0.3 is 5.97 Å². The number of nitrogens with zero attached hydrogens (tertiary/aromatic N) is 1. The third-order valence-corrected chi connectivity index (χ3v) is 3.20. The molecule has 1 aliphatic rings. The Morgan fingerprint density at radius 3 is 2.76 bits per heavy atom. The van der Waals surface area contributed by atoms with E-state index in [1.54, 1.807) is 6.07 Å². The molecule has 0 radical (unpaired) electrons. The van der Waals surface area contributed by atoms with Crippen molar-refractivity contribution in [2.45, 2.75) is 25.8 Å². The Kier molecular flexibility index (Phi) is 4.15. The molecule has 0 aromatic heterocycles. The number of methoxy groups -OCH3 is 1. The zero-order chi connectivity index (χ0) is 12.1. The third kappa shape index (κ3) is 3.30. The topological polar surface area (TPSA) is 29.5 Å². The van der Waals surface area contributed by atoms with Gasteiger partial charge in [0, 0.05) is 6.54 Å². The molecule has 1 aliphatic heterocycles. The van der Waals surface area contributed by atoms with Gasteiger partial charge in [0.05, 0.1) is 12.7 Å². The number of carbonyl (C=O) groups excluding carboxylic acids is 1. The summed E-state index contributed by atoms with van der Waals surface area (Å²) in [6, 6.07) is 7.72. The number of rotatable bonds is 3. The minimum absolute atomic E-state index is 0.259. The lowest BCUT2D eigenvalue weighted by atomic mass is 10.1. The van der Waals surface area contributed by atoms with Crippen molar-refractivity contribution >= 4 is 5.97 Å². The number of esters is 1. The van der Waals surface area contributed by atoms with E-state index in [-0.39, 0.29) is 5.97 Å².